The first-order valence-electron chi connectivity index (χ1n) is 12.4. The van der Waals surface area contributed by atoms with Gasteiger partial charge in [0.05, 0.1) is 24.2 Å². The van der Waals surface area contributed by atoms with Gasteiger partial charge >= 0.3 is 12.1 Å². The van der Waals surface area contributed by atoms with Crippen LogP contribution in [0.2, 0.25) is 5.04 Å². The van der Waals surface area contributed by atoms with E-state index in [1.165, 1.54) is 10.8 Å². The average Bonchev–Trinajstić information content (AvgIpc) is 3.36. The lowest BCUT2D eigenvalue weighted by Gasteiger charge is -2.44. The van der Waals surface area contributed by atoms with Crippen LogP contribution in [0, 0.1) is 0 Å². The number of nitrogens with one attached hydrogen (secondary N) is 2. The van der Waals surface area contributed by atoms with Crippen LogP contribution in [0.25, 0.3) is 0 Å². The quantitative estimate of drug-likeness (QED) is 0.390. The van der Waals surface area contributed by atoms with Crippen LogP contribution < -0.4 is 26.7 Å². The number of fused-ring (bicyclic) bond motifs is 1. The van der Waals surface area contributed by atoms with Gasteiger partial charge in [0.2, 0.25) is 5.96 Å². The second kappa shape index (κ2) is 10.7. The van der Waals surface area contributed by atoms with E-state index < -0.39 is 32.5 Å². The monoisotopic (exact) mass is 555 g/mol. The first-order valence-corrected chi connectivity index (χ1v) is 14.3. The Morgan fingerprint density at radius 2 is 1.59 bits per heavy atom. The zero-order valence-corrected chi connectivity index (χ0v) is 23.0. The number of hydrogen-bond acceptors (Lipinski definition) is 5. The van der Waals surface area contributed by atoms with Gasteiger partial charge in [-0.2, -0.15) is 13.2 Å². The first-order chi connectivity index (χ1) is 18.3. The van der Waals surface area contributed by atoms with E-state index in [9.17, 15) is 18.0 Å². The minimum atomic E-state index is -5.07. The highest BCUT2D eigenvalue weighted by molar-refractivity contribution is 6.99. The summed E-state index contributed by atoms with van der Waals surface area (Å²) in [7, 11) is -2.99. The third-order valence-corrected chi connectivity index (χ3v) is 11.7. The second-order valence-corrected chi connectivity index (χ2v) is 14.7. The lowest BCUT2D eigenvalue weighted by molar-refractivity contribution is -0.172. The minimum absolute atomic E-state index is 0.0365. The molecule has 0 fully saturated rings. The van der Waals surface area contributed by atoms with E-state index in [4.69, 9.17) is 10.2 Å². The fraction of sp³-hybridized carbons (Fsp3) is 0.286. The summed E-state index contributed by atoms with van der Waals surface area (Å²) in [5, 5.41) is 6.77. The number of benzene rings is 2. The number of nitrogens with two attached hydrogens (primary N) is 1. The molecule has 1 amide bonds. The van der Waals surface area contributed by atoms with Gasteiger partial charge in [-0.05, 0) is 27.5 Å². The second-order valence-electron chi connectivity index (χ2n) is 10.4. The van der Waals surface area contributed by atoms with Gasteiger partial charge in [-0.3, -0.25) is 14.7 Å². The molecule has 4 rings (SSSR count). The molecule has 1 aromatic heterocycles. The average molecular weight is 556 g/mol. The largest absolute Gasteiger partial charge is 0.471 e. The van der Waals surface area contributed by atoms with Crippen molar-refractivity contribution in [1.82, 2.24) is 15.2 Å². The van der Waals surface area contributed by atoms with Crippen LogP contribution in [-0.2, 0) is 9.22 Å². The molecule has 11 heteroatoms. The van der Waals surface area contributed by atoms with Gasteiger partial charge in [0, 0.05) is 6.20 Å². The third kappa shape index (κ3) is 5.64. The minimum Gasteiger partial charge on any atom is -0.405 e. The fourth-order valence-electron chi connectivity index (χ4n) is 5.07. The molecule has 0 unspecified atom stereocenters. The molecule has 0 saturated carbocycles. The molecule has 0 bridgehead atoms. The third-order valence-electron chi connectivity index (χ3n) is 6.71. The zero-order chi connectivity index (χ0) is 28.4. The Labute approximate surface area is 226 Å². The van der Waals surface area contributed by atoms with E-state index >= 15 is 0 Å². The predicted molar refractivity (Wildman–Crippen MR) is 148 cm³/mol. The topological polar surface area (TPSA) is 93.7 Å². The summed E-state index contributed by atoms with van der Waals surface area (Å²) in [6, 6.07) is 22.0. The molecule has 39 heavy (non-hydrogen) atoms. The van der Waals surface area contributed by atoms with Crippen LogP contribution in [0.15, 0.2) is 96.4 Å². The van der Waals surface area contributed by atoms with Crippen LogP contribution in [0.3, 0.4) is 0 Å². The first kappa shape index (κ1) is 28.2. The number of alkyl halides is 3. The Hall–Kier alpha value is -3.83. The summed E-state index contributed by atoms with van der Waals surface area (Å²) in [4.78, 5) is 16.4. The van der Waals surface area contributed by atoms with E-state index in [1.54, 1.807) is 12.1 Å². The molecule has 0 radical (unpaired) electrons. The van der Waals surface area contributed by atoms with Crippen molar-refractivity contribution < 1.29 is 22.4 Å². The highest BCUT2D eigenvalue weighted by Gasteiger charge is 2.51. The number of amides is 1. The molecule has 4 N–H and O–H groups in total. The maximum absolute atomic E-state index is 13.1. The molecule has 1 aliphatic rings. The number of carbonyl (C=O) groups excluding carboxylic acids is 1. The van der Waals surface area contributed by atoms with Gasteiger partial charge in [-0.25, -0.2) is 4.99 Å². The van der Waals surface area contributed by atoms with Crippen molar-refractivity contribution in [2.24, 2.45) is 10.7 Å². The number of nitrogens with zero attached hydrogens (tertiary/aromatic N) is 2. The van der Waals surface area contributed by atoms with Crippen molar-refractivity contribution >= 4 is 30.6 Å². The summed E-state index contributed by atoms with van der Waals surface area (Å²) in [6.07, 6.45) is -3.55. The van der Waals surface area contributed by atoms with E-state index in [0.717, 1.165) is 10.4 Å². The highest BCUT2D eigenvalue weighted by Crippen LogP contribution is 2.38. The van der Waals surface area contributed by atoms with E-state index in [0.29, 0.717) is 5.69 Å². The number of aromatic nitrogens is 1. The maximum atomic E-state index is 13.1. The van der Waals surface area contributed by atoms with Gasteiger partial charge in [-0.15, -0.1) is 0 Å². The van der Waals surface area contributed by atoms with Crippen molar-refractivity contribution in [3.63, 3.8) is 0 Å². The molecule has 0 aliphatic carbocycles. The van der Waals surface area contributed by atoms with Gasteiger partial charge in [-0.1, -0.05) is 88.0 Å². The molecule has 2 aromatic carbocycles. The van der Waals surface area contributed by atoms with Crippen molar-refractivity contribution in [3.8, 4) is 0 Å². The Balaban J connectivity index is 1.80. The molecule has 3 aromatic rings. The lowest BCUT2D eigenvalue weighted by Crippen LogP contribution is -2.67. The van der Waals surface area contributed by atoms with Crippen LogP contribution in [0.5, 0.6) is 0 Å². The molecule has 0 spiro atoms. The Morgan fingerprint density at radius 1 is 1.03 bits per heavy atom. The van der Waals surface area contributed by atoms with Crippen molar-refractivity contribution in [2.45, 2.75) is 44.1 Å². The molecular weight excluding hydrogens is 523 g/mol. The van der Waals surface area contributed by atoms with Crippen LogP contribution in [-0.4, -0.2) is 43.6 Å². The van der Waals surface area contributed by atoms with Gasteiger partial charge in [0.25, 0.3) is 8.32 Å². The number of carbonyl (C=O) groups is 1. The molecule has 2 atom stereocenters. The van der Waals surface area contributed by atoms with Crippen LogP contribution in [0.4, 0.5) is 13.2 Å². The number of halogens is 3. The summed E-state index contributed by atoms with van der Waals surface area (Å²) in [5.41, 5.74) is 6.46. The normalized spacial score (nSPS) is 17.6. The highest BCUT2D eigenvalue weighted by atomic mass is 28.4. The lowest BCUT2D eigenvalue weighted by atomic mass is 10.0. The van der Waals surface area contributed by atoms with Gasteiger partial charge in [0.1, 0.15) is 6.04 Å². The maximum Gasteiger partial charge on any atom is 0.471 e. The molecule has 7 nitrogen and oxygen atoms in total. The summed E-state index contributed by atoms with van der Waals surface area (Å²) in [5.74, 6) is -2.18. The Kier molecular flexibility index (Phi) is 7.76. The van der Waals surface area contributed by atoms with E-state index in [-0.39, 0.29) is 23.4 Å². The van der Waals surface area contributed by atoms with E-state index in [1.807, 2.05) is 66.0 Å². The number of rotatable bonds is 7. The summed E-state index contributed by atoms with van der Waals surface area (Å²) >= 11 is 0. The fourth-order valence-corrected chi connectivity index (χ4v) is 9.65. The molecule has 0 saturated heterocycles. The SMILES string of the molecule is C=C(N)N[C@@H]1c2cccn2C(NC(=O)C(F)(F)F)=N[C@H]1CO[Si](c1ccccc1)(c1ccccc1)C(C)(C)C. The van der Waals surface area contributed by atoms with Crippen molar-refractivity contribution in [2.75, 3.05) is 6.61 Å². The number of aliphatic imine (C=N–C) groups is 1. The molecule has 2 heterocycles. The van der Waals surface area contributed by atoms with Gasteiger partial charge in [0.15, 0.2) is 0 Å². The smallest absolute Gasteiger partial charge is 0.405 e. The van der Waals surface area contributed by atoms with Crippen molar-refractivity contribution in [1.29, 1.82) is 0 Å². The molecule has 206 valence electrons. The summed E-state index contributed by atoms with van der Waals surface area (Å²) < 4.78 is 47.8. The van der Waals surface area contributed by atoms with Crippen molar-refractivity contribution in [3.05, 3.63) is 97.1 Å². The van der Waals surface area contributed by atoms with Crippen LogP contribution >= 0.6 is 0 Å². The predicted octanol–water partition coefficient (Wildman–Crippen LogP) is 3.39. The Morgan fingerprint density at radius 3 is 2.08 bits per heavy atom. The summed E-state index contributed by atoms with van der Waals surface area (Å²) in [6.45, 7) is 10.2. The molecule has 1 aliphatic heterocycles. The Bertz CT molecular complexity index is 1310. The van der Waals surface area contributed by atoms with Gasteiger partial charge < -0.3 is 15.5 Å². The standard InChI is InChI=1S/C28H32F3N5O2Si/c1-19(32)33-24-22(34-26(35-25(37)28(29,30)31)36-17-11-16-23(24)36)18-38-39(27(2,3)4,20-12-7-5-8-13-20)21-14-9-6-10-15-21/h5-17,22,24,33H,1,18,32H2,2-4H3,(H,34,35,37)/t22-,24-/m0/s1. The molecular formula is C28H32F3N5O2Si. The van der Waals surface area contributed by atoms with E-state index in [2.05, 4.69) is 37.7 Å². The van der Waals surface area contributed by atoms with Crippen LogP contribution in [0.1, 0.15) is 32.5 Å². The zero-order valence-electron chi connectivity index (χ0n) is 22.0. The number of hydrogen-bond donors (Lipinski definition) is 3.